The lowest BCUT2D eigenvalue weighted by molar-refractivity contribution is 0.0736. The highest BCUT2D eigenvalue weighted by atomic mass is 16.3. The number of nitrogens with zero attached hydrogens (tertiary/aromatic N) is 1. The van der Waals surface area contributed by atoms with Crippen LogP contribution in [0, 0.1) is 0 Å². The Kier molecular flexibility index (Phi) is 3.66. The van der Waals surface area contributed by atoms with Crippen molar-refractivity contribution in [2.75, 3.05) is 20.1 Å². The lowest BCUT2D eigenvalue weighted by atomic mass is 10.2. The maximum atomic E-state index is 12.3. The van der Waals surface area contributed by atoms with Crippen LogP contribution >= 0.6 is 0 Å². The molecule has 98 valence electrons. The van der Waals surface area contributed by atoms with Crippen molar-refractivity contribution in [2.24, 2.45) is 0 Å². The minimum atomic E-state index is -0.470. The number of hydrogen-bond acceptors (Lipinski definition) is 4. The third-order valence-electron chi connectivity index (χ3n) is 3.15. The third-order valence-corrected chi connectivity index (χ3v) is 3.15. The average molecular weight is 251 g/mol. The fraction of sp³-hybridized carbons (Fsp3) is 0.500. The summed E-state index contributed by atoms with van der Waals surface area (Å²) >= 11 is 0. The average Bonchev–Trinajstić information content (AvgIpc) is 2.75. The predicted octanol–water partition coefficient (Wildman–Crippen LogP) is -0.0955. The molecule has 1 aromatic heterocycles. The van der Waals surface area contributed by atoms with Gasteiger partial charge in [0.25, 0.3) is 11.5 Å². The molecule has 1 saturated heterocycles. The molecular formula is C12H17N3O3. The zero-order chi connectivity index (χ0) is 13.1. The molecule has 0 aliphatic carbocycles. The molecule has 0 spiro atoms. The summed E-state index contributed by atoms with van der Waals surface area (Å²) in [5.74, 6) is -0.482. The number of H-pyrrole nitrogens is 1. The van der Waals surface area contributed by atoms with Gasteiger partial charge < -0.3 is 15.3 Å². The van der Waals surface area contributed by atoms with Gasteiger partial charge in [-0.3, -0.25) is 14.6 Å². The Bertz CT molecular complexity index is 498. The van der Waals surface area contributed by atoms with Crippen LogP contribution in [-0.4, -0.2) is 47.1 Å². The van der Waals surface area contributed by atoms with Crippen molar-refractivity contribution >= 4 is 5.91 Å². The van der Waals surface area contributed by atoms with Crippen LogP contribution in [0.25, 0.3) is 0 Å². The number of likely N-dealkylation sites (tertiary alicyclic amines) is 1. The first-order valence-corrected chi connectivity index (χ1v) is 6.00. The number of aromatic hydroxyl groups is 1. The van der Waals surface area contributed by atoms with E-state index in [1.807, 2.05) is 7.05 Å². The Hall–Kier alpha value is -1.82. The minimum Gasteiger partial charge on any atom is -0.494 e. The third kappa shape index (κ3) is 2.53. The molecule has 6 heteroatoms. The lowest BCUT2D eigenvalue weighted by Crippen LogP contribution is -2.41. The quantitative estimate of drug-likeness (QED) is 0.700. The van der Waals surface area contributed by atoms with Crippen molar-refractivity contribution in [1.82, 2.24) is 15.2 Å². The largest absolute Gasteiger partial charge is 0.494 e. The normalized spacial score (nSPS) is 19.2. The predicted molar refractivity (Wildman–Crippen MR) is 66.7 cm³/mol. The molecule has 0 radical (unpaired) electrons. The highest BCUT2D eigenvalue weighted by Crippen LogP contribution is 2.19. The highest BCUT2D eigenvalue weighted by molar-refractivity contribution is 5.94. The van der Waals surface area contributed by atoms with Gasteiger partial charge in [0.1, 0.15) is 0 Å². The standard InChI is InChI=1S/C12H17N3O3/c1-13-7-9-3-2-4-15(9)12(18)8-5-10(16)14-11(17)6-8/h5-6,9,13H,2-4,7H2,1H3,(H2,14,16,17). The first kappa shape index (κ1) is 12.6. The van der Waals surface area contributed by atoms with Crippen LogP contribution in [0.5, 0.6) is 5.88 Å². The molecular weight excluding hydrogens is 234 g/mol. The van der Waals surface area contributed by atoms with Crippen molar-refractivity contribution in [3.8, 4) is 5.88 Å². The SMILES string of the molecule is CNCC1CCCN1C(=O)c1cc(O)[nH]c(=O)c1. The van der Waals surface area contributed by atoms with Crippen LogP contribution in [0.15, 0.2) is 16.9 Å². The van der Waals surface area contributed by atoms with E-state index in [4.69, 9.17) is 0 Å². The zero-order valence-electron chi connectivity index (χ0n) is 10.3. The maximum absolute atomic E-state index is 12.3. The molecule has 1 aliphatic heterocycles. The molecule has 1 unspecified atom stereocenters. The van der Waals surface area contributed by atoms with Gasteiger partial charge in [0, 0.05) is 31.3 Å². The van der Waals surface area contributed by atoms with E-state index in [1.165, 1.54) is 12.1 Å². The second-order valence-corrected chi connectivity index (χ2v) is 4.47. The second-order valence-electron chi connectivity index (χ2n) is 4.47. The molecule has 2 heterocycles. The molecule has 1 amide bonds. The van der Waals surface area contributed by atoms with Crippen LogP contribution in [0.2, 0.25) is 0 Å². The van der Waals surface area contributed by atoms with Gasteiger partial charge in [-0.2, -0.15) is 0 Å². The molecule has 6 nitrogen and oxygen atoms in total. The van der Waals surface area contributed by atoms with Gasteiger partial charge in [-0.25, -0.2) is 0 Å². The number of likely N-dealkylation sites (N-methyl/N-ethyl adjacent to an activating group) is 1. The van der Waals surface area contributed by atoms with Crippen LogP contribution in [0.1, 0.15) is 23.2 Å². The Morgan fingerprint density at radius 3 is 3.06 bits per heavy atom. The summed E-state index contributed by atoms with van der Waals surface area (Å²) in [6, 6.07) is 2.67. The number of carbonyl (C=O) groups is 1. The van der Waals surface area contributed by atoms with Crippen LogP contribution in [0.3, 0.4) is 0 Å². The van der Waals surface area contributed by atoms with Crippen molar-refractivity contribution in [1.29, 1.82) is 0 Å². The lowest BCUT2D eigenvalue weighted by Gasteiger charge is -2.24. The molecule has 3 N–H and O–H groups in total. The van der Waals surface area contributed by atoms with E-state index >= 15 is 0 Å². The van der Waals surface area contributed by atoms with Gasteiger partial charge in [0.15, 0.2) is 5.88 Å². The van der Waals surface area contributed by atoms with Gasteiger partial charge in [-0.15, -0.1) is 0 Å². The Balaban J connectivity index is 2.22. The number of amides is 1. The monoisotopic (exact) mass is 251 g/mol. The van der Waals surface area contributed by atoms with Gasteiger partial charge in [0.05, 0.1) is 5.56 Å². The fourth-order valence-electron chi connectivity index (χ4n) is 2.37. The number of hydrogen-bond donors (Lipinski definition) is 3. The zero-order valence-corrected chi connectivity index (χ0v) is 10.3. The molecule has 1 aromatic rings. The molecule has 18 heavy (non-hydrogen) atoms. The molecule has 1 atom stereocenters. The summed E-state index contributed by atoms with van der Waals surface area (Å²) in [5, 5.41) is 12.4. The van der Waals surface area contributed by atoms with Gasteiger partial charge in [-0.1, -0.05) is 0 Å². The van der Waals surface area contributed by atoms with Crippen molar-refractivity contribution < 1.29 is 9.90 Å². The van der Waals surface area contributed by atoms with E-state index in [9.17, 15) is 14.7 Å². The first-order chi connectivity index (χ1) is 8.61. The molecule has 1 fully saturated rings. The number of rotatable bonds is 3. The van der Waals surface area contributed by atoms with Gasteiger partial charge >= 0.3 is 0 Å². The molecule has 2 rings (SSSR count). The topological polar surface area (TPSA) is 85.4 Å². The van der Waals surface area contributed by atoms with E-state index in [0.29, 0.717) is 6.54 Å². The van der Waals surface area contributed by atoms with Crippen molar-refractivity contribution in [3.63, 3.8) is 0 Å². The summed E-state index contributed by atoms with van der Waals surface area (Å²) in [4.78, 5) is 27.5. The van der Waals surface area contributed by atoms with E-state index in [2.05, 4.69) is 10.3 Å². The summed E-state index contributed by atoms with van der Waals surface area (Å²) < 4.78 is 0. The minimum absolute atomic E-state index is 0.156. The molecule has 0 saturated carbocycles. The van der Waals surface area contributed by atoms with Crippen LogP contribution < -0.4 is 10.9 Å². The second kappa shape index (κ2) is 5.22. The van der Waals surface area contributed by atoms with E-state index in [-0.39, 0.29) is 23.4 Å². The molecule has 1 aliphatic rings. The molecule has 0 aromatic carbocycles. The van der Waals surface area contributed by atoms with E-state index in [1.54, 1.807) is 4.90 Å². The molecule has 0 bridgehead atoms. The smallest absolute Gasteiger partial charge is 0.254 e. The van der Waals surface area contributed by atoms with Crippen LogP contribution in [0.4, 0.5) is 0 Å². The van der Waals surface area contributed by atoms with E-state index < -0.39 is 5.56 Å². The first-order valence-electron chi connectivity index (χ1n) is 6.00. The van der Waals surface area contributed by atoms with E-state index in [0.717, 1.165) is 19.4 Å². The summed E-state index contributed by atoms with van der Waals surface area (Å²) in [5.41, 5.74) is -0.234. The number of pyridine rings is 1. The fourth-order valence-corrected chi connectivity index (χ4v) is 2.37. The number of nitrogens with one attached hydrogen (secondary N) is 2. The Morgan fingerprint density at radius 2 is 2.39 bits per heavy atom. The van der Waals surface area contributed by atoms with Crippen LogP contribution in [-0.2, 0) is 0 Å². The van der Waals surface area contributed by atoms with Gasteiger partial charge in [-0.05, 0) is 19.9 Å². The Labute approximate surface area is 105 Å². The summed E-state index contributed by atoms with van der Waals surface area (Å²) in [6.45, 7) is 1.43. The van der Waals surface area contributed by atoms with Gasteiger partial charge in [0.2, 0.25) is 0 Å². The summed E-state index contributed by atoms with van der Waals surface area (Å²) in [6.07, 6.45) is 1.93. The highest BCUT2D eigenvalue weighted by Gasteiger charge is 2.29. The van der Waals surface area contributed by atoms with Crippen molar-refractivity contribution in [3.05, 3.63) is 28.0 Å². The van der Waals surface area contributed by atoms with Crippen molar-refractivity contribution in [2.45, 2.75) is 18.9 Å². The number of aromatic nitrogens is 1. The Morgan fingerprint density at radius 1 is 1.61 bits per heavy atom. The number of carbonyl (C=O) groups excluding carboxylic acids is 1. The number of aromatic amines is 1. The summed E-state index contributed by atoms with van der Waals surface area (Å²) in [7, 11) is 1.85. The maximum Gasteiger partial charge on any atom is 0.254 e.